The Balaban J connectivity index is 2.14. The minimum absolute atomic E-state index is 0.907. The summed E-state index contributed by atoms with van der Waals surface area (Å²) in [5.74, 6) is 1.11. The Hall–Kier alpha value is -1.09. The third-order valence-electron chi connectivity index (χ3n) is 2.15. The van der Waals surface area contributed by atoms with Crippen LogP contribution < -0.4 is 0 Å². The SMILES string of the molecule is CCCCSc1nc2cccccc-2n1. The highest BCUT2D eigenvalue weighted by molar-refractivity contribution is 7.99. The summed E-state index contributed by atoms with van der Waals surface area (Å²) >= 11 is 1.75. The Kier molecular flexibility index (Phi) is 3.56. The van der Waals surface area contributed by atoms with Gasteiger partial charge >= 0.3 is 0 Å². The van der Waals surface area contributed by atoms with Crippen molar-refractivity contribution in [3.05, 3.63) is 30.3 Å². The van der Waals surface area contributed by atoms with Crippen LogP contribution in [0.4, 0.5) is 0 Å². The van der Waals surface area contributed by atoms with Gasteiger partial charge in [-0.3, -0.25) is 0 Å². The lowest BCUT2D eigenvalue weighted by atomic mass is 10.3. The van der Waals surface area contributed by atoms with Crippen LogP contribution in [0.15, 0.2) is 35.5 Å². The quantitative estimate of drug-likeness (QED) is 0.580. The third-order valence-corrected chi connectivity index (χ3v) is 3.09. The van der Waals surface area contributed by atoms with Gasteiger partial charge in [-0.15, -0.1) is 0 Å². The fourth-order valence-corrected chi connectivity index (χ4v) is 2.26. The number of hydrogen-bond acceptors (Lipinski definition) is 3. The molecule has 0 aromatic carbocycles. The van der Waals surface area contributed by atoms with Gasteiger partial charge in [0.05, 0.1) is 11.4 Å². The largest absolute Gasteiger partial charge is 0.221 e. The predicted molar refractivity (Wildman–Crippen MR) is 64.3 cm³/mol. The number of nitrogens with zero attached hydrogens (tertiary/aromatic N) is 2. The van der Waals surface area contributed by atoms with Crippen molar-refractivity contribution in [2.24, 2.45) is 0 Å². The molecule has 0 bridgehead atoms. The van der Waals surface area contributed by atoms with Crippen LogP contribution in [0.25, 0.3) is 11.4 Å². The molecular formula is C12H14N2S. The second-order valence-corrected chi connectivity index (χ2v) is 4.45. The first kappa shape index (κ1) is 10.4. The number of unbranched alkanes of at least 4 members (excludes halogenated alkanes) is 1. The van der Waals surface area contributed by atoms with Crippen molar-refractivity contribution in [3.8, 4) is 11.4 Å². The molecule has 2 aliphatic rings. The van der Waals surface area contributed by atoms with E-state index in [4.69, 9.17) is 0 Å². The molecule has 15 heavy (non-hydrogen) atoms. The smallest absolute Gasteiger partial charge is 0.188 e. The van der Waals surface area contributed by atoms with E-state index in [1.165, 1.54) is 12.8 Å². The van der Waals surface area contributed by atoms with Gasteiger partial charge in [0.25, 0.3) is 0 Å². The number of hydrogen-bond donors (Lipinski definition) is 0. The van der Waals surface area contributed by atoms with Gasteiger partial charge in [0.2, 0.25) is 0 Å². The first-order chi connectivity index (χ1) is 7.40. The minimum Gasteiger partial charge on any atom is -0.221 e. The zero-order valence-electron chi connectivity index (χ0n) is 8.81. The lowest BCUT2D eigenvalue weighted by Gasteiger charge is -1.92. The van der Waals surface area contributed by atoms with E-state index in [0.717, 1.165) is 22.3 Å². The van der Waals surface area contributed by atoms with Crippen molar-refractivity contribution in [2.75, 3.05) is 5.75 Å². The van der Waals surface area contributed by atoms with E-state index in [1.807, 2.05) is 30.3 Å². The highest BCUT2D eigenvalue weighted by atomic mass is 32.2. The number of thioether (sulfide) groups is 1. The van der Waals surface area contributed by atoms with Crippen LogP contribution in [0.2, 0.25) is 0 Å². The summed E-state index contributed by atoms with van der Waals surface area (Å²) < 4.78 is 0. The Bertz CT molecular complexity index is 372. The van der Waals surface area contributed by atoms with Crippen LogP contribution in [0.1, 0.15) is 19.8 Å². The molecule has 2 nitrogen and oxygen atoms in total. The zero-order chi connectivity index (χ0) is 10.5. The summed E-state index contributed by atoms with van der Waals surface area (Å²) in [5.41, 5.74) is 1.97. The van der Waals surface area contributed by atoms with Gasteiger partial charge in [0.15, 0.2) is 5.16 Å². The van der Waals surface area contributed by atoms with E-state index in [2.05, 4.69) is 16.9 Å². The number of rotatable bonds is 4. The summed E-state index contributed by atoms with van der Waals surface area (Å²) in [4.78, 5) is 8.95. The Morgan fingerprint density at radius 2 is 1.73 bits per heavy atom. The maximum Gasteiger partial charge on any atom is 0.188 e. The summed E-state index contributed by atoms with van der Waals surface area (Å²) in [5, 5.41) is 0.907. The third kappa shape index (κ3) is 2.69. The van der Waals surface area contributed by atoms with Gasteiger partial charge in [-0.1, -0.05) is 43.3 Å². The van der Waals surface area contributed by atoms with Crippen LogP contribution in [-0.4, -0.2) is 15.7 Å². The summed E-state index contributed by atoms with van der Waals surface area (Å²) in [6.45, 7) is 2.20. The fourth-order valence-electron chi connectivity index (χ4n) is 1.32. The molecule has 0 saturated heterocycles. The molecule has 0 saturated carbocycles. The van der Waals surface area contributed by atoms with Gasteiger partial charge in [-0.05, 0) is 18.6 Å². The molecule has 0 spiro atoms. The van der Waals surface area contributed by atoms with Gasteiger partial charge in [0, 0.05) is 5.75 Å². The van der Waals surface area contributed by atoms with Crippen molar-refractivity contribution in [2.45, 2.75) is 24.9 Å². The van der Waals surface area contributed by atoms with E-state index in [0.29, 0.717) is 0 Å². The Morgan fingerprint density at radius 1 is 1.07 bits per heavy atom. The second-order valence-electron chi connectivity index (χ2n) is 3.39. The van der Waals surface area contributed by atoms with Crippen LogP contribution in [-0.2, 0) is 0 Å². The normalized spacial score (nSPS) is 10.7. The molecule has 78 valence electrons. The van der Waals surface area contributed by atoms with Crippen LogP contribution >= 0.6 is 11.8 Å². The average Bonchev–Trinajstić information content (AvgIpc) is 2.49. The molecule has 3 heteroatoms. The molecule has 0 aromatic rings. The first-order valence-electron chi connectivity index (χ1n) is 5.26. The molecule has 0 aromatic heterocycles. The Labute approximate surface area is 94.5 Å². The van der Waals surface area contributed by atoms with Gasteiger partial charge < -0.3 is 0 Å². The van der Waals surface area contributed by atoms with E-state index < -0.39 is 0 Å². The lowest BCUT2D eigenvalue weighted by Crippen LogP contribution is -1.79. The topological polar surface area (TPSA) is 25.8 Å². The van der Waals surface area contributed by atoms with Crippen LogP contribution in [0.5, 0.6) is 0 Å². The minimum atomic E-state index is 0.907. The van der Waals surface area contributed by atoms with Crippen molar-refractivity contribution in [1.29, 1.82) is 0 Å². The highest BCUT2D eigenvalue weighted by Gasteiger charge is 2.08. The molecule has 2 rings (SSSR count). The molecule has 0 unspecified atom stereocenters. The van der Waals surface area contributed by atoms with Gasteiger partial charge in [0.1, 0.15) is 0 Å². The molecular weight excluding hydrogens is 204 g/mol. The summed E-state index contributed by atoms with van der Waals surface area (Å²) in [7, 11) is 0. The van der Waals surface area contributed by atoms with Gasteiger partial charge in [-0.25, -0.2) is 9.97 Å². The number of aromatic nitrogens is 2. The van der Waals surface area contributed by atoms with Gasteiger partial charge in [-0.2, -0.15) is 0 Å². The predicted octanol–water partition coefficient (Wildman–Crippen LogP) is 3.47. The maximum absolute atomic E-state index is 4.48. The van der Waals surface area contributed by atoms with E-state index >= 15 is 0 Å². The van der Waals surface area contributed by atoms with E-state index in [1.54, 1.807) is 11.8 Å². The van der Waals surface area contributed by atoms with Crippen molar-refractivity contribution < 1.29 is 0 Å². The molecule has 1 heterocycles. The van der Waals surface area contributed by atoms with Crippen LogP contribution in [0, 0.1) is 0 Å². The summed E-state index contributed by atoms with van der Waals surface area (Å²) in [6.07, 6.45) is 2.45. The zero-order valence-corrected chi connectivity index (χ0v) is 9.63. The van der Waals surface area contributed by atoms with E-state index in [-0.39, 0.29) is 0 Å². The van der Waals surface area contributed by atoms with Crippen molar-refractivity contribution in [3.63, 3.8) is 0 Å². The molecule has 1 aliphatic heterocycles. The molecule has 0 amide bonds. The maximum atomic E-state index is 4.48. The standard InChI is InChI=1S/C12H14N2S/c1-2-3-9-15-12-13-10-7-5-4-6-8-11(10)14-12/h4-8H,2-3,9H2,1H3. The fraction of sp³-hybridized carbons (Fsp3) is 0.333. The average molecular weight is 218 g/mol. The molecule has 1 aliphatic carbocycles. The number of fused-ring (bicyclic) bond motifs is 1. The molecule has 0 atom stereocenters. The monoisotopic (exact) mass is 218 g/mol. The van der Waals surface area contributed by atoms with Crippen molar-refractivity contribution >= 4 is 11.8 Å². The highest BCUT2D eigenvalue weighted by Crippen LogP contribution is 2.23. The number of imidazole rings is 1. The second kappa shape index (κ2) is 5.12. The molecule has 0 fully saturated rings. The lowest BCUT2D eigenvalue weighted by molar-refractivity contribution is 0.893. The first-order valence-corrected chi connectivity index (χ1v) is 6.24. The van der Waals surface area contributed by atoms with Crippen LogP contribution in [0.3, 0.4) is 0 Å². The molecule has 0 N–H and O–H groups in total. The Morgan fingerprint density at radius 3 is 2.33 bits per heavy atom. The van der Waals surface area contributed by atoms with E-state index in [9.17, 15) is 0 Å². The molecule has 0 radical (unpaired) electrons. The van der Waals surface area contributed by atoms with Crippen molar-refractivity contribution in [1.82, 2.24) is 9.97 Å². The summed E-state index contributed by atoms with van der Waals surface area (Å²) in [6, 6.07) is 10.0.